The van der Waals surface area contributed by atoms with Crippen molar-refractivity contribution in [3.8, 4) is 0 Å². The Balaban J connectivity index is 2.90. The van der Waals surface area contributed by atoms with Crippen LogP contribution in [0.2, 0.25) is 0 Å². The van der Waals surface area contributed by atoms with Crippen LogP contribution in [0.3, 0.4) is 0 Å². The molecule has 1 heterocycles. The van der Waals surface area contributed by atoms with E-state index in [1.165, 1.54) is 6.07 Å². The van der Waals surface area contributed by atoms with E-state index in [4.69, 9.17) is 9.26 Å². The number of aromatic nitrogens is 1. The molecule has 1 aromatic rings. The lowest BCUT2D eigenvalue weighted by atomic mass is 9.88. The number of nitrogens with one attached hydrogen (secondary N) is 1. The highest BCUT2D eigenvalue weighted by molar-refractivity contribution is 5.96. The van der Waals surface area contributed by atoms with Gasteiger partial charge in [-0.1, -0.05) is 19.0 Å². The van der Waals surface area contributed by atoms with Crippen LogP contribution >= 0.6 is 0 Å². The van der Waals surface area contributed by atoms with Gasteiger partial charge in [-0.3, -0.25) is 4.79 Å². The zero-order valence-corrected chi connectivity index (χ0v) is 11.9. The number of carbonyl (C=O) groups is 2. The first-order valence-electron chi connectivity index (χ1n) is 6.24. The van der Waals surface area contributed by atoms with E-state index >= 15 is 0 Å². The number of nitrogens with zero attached hydrogens (tertiary/aromatic N) is 1. The summed E-state index contributed by atoms with van der Waals surface area (Å²) in [5.74, 6) is -0.504. The molecule has 1 rings (SSSR count). The molecule has 6 nitrogen and oxygen atoms in total. The van der Waals surface area contributed by atoms with Gasteiger partial charge in [0.2, 0.25) is 0 Å². The third-order valence-corrected chi connectivity index (χ3v) is 3.09. The van der Waals surface area contributed by atoms with E-state index in [0.717, 1.165) is 0 Å². The summed E-state index contributed by atoms with van der Waals surface area (Å²) < 4.78 is 9.85. The second kappa shape index (κ2) is 5.86. The second-order valence-electron chi connectivity index (χ2n) is 4.85. The van der Waals surface area contributed by atoms with Crippen molar-refractivity contribution in [3.05, 3.63) is 17.5 Å². The molecule has 0 spiro atoms. The van der Waals surface area contributed by atoms with Crippen LogP contribution in [0.1, 0.15) is 43.9 Å². The highest BCUT2D eigenvalue weighted by atomic mass is 16.5. The molecule has 0 aliphatic heterocycles. The lowest BCUT2D eigenvalue weighted by Crippen LogP contribution is -2.56. The molecule has 106 valence electrons. The Morgan fingerprint density at radius 3 is 2.58 bits per heavy atom. The average Bonchev–Trinajstić information content (AvgIpc) is 2.75. The van der Waals surface area contributed by atoms with Gasteiger partial charge >= 0.3 is 5.97 Å². The van der Waals surface area contributed by atoms with Gasteiger partial charge in [-0.15, -0.1) is 0 Å². The summed E-state index contributed by atoms with van der Waals surface area (Å²) in [6, 6.07) is 1.52. The largest absolute Gasteiger partial charge is 0.464 e. The van der Waals surface area contributed by atoms with Gasteiger partial charge in [0.1, 0.15) is 11.3 Å². The van der Waals surface area contributed by atoms with E-state index in [9.17, 15) is 9.59 Å². The van der Waals surface area contributed by atoms with Gasteiger partial charge in [-0.05, 0) is 26.7 Å². The van der Waals surface area contributed by atoms with Crippen molar-refractivity contribution in [2.45, 2.75) is 40.2 Å². The minimum Gasteiger partial charge on any atom is -0.464 e. The maximum atomic E-state index is 12.0. The van der Waals surface area contributed by atoms with Crippen LogP contribution in [0.4, 0.5) is 0 Å². The molecule has 0 radical (unpaired) electrons. The molecule has 1 amide bonds. The molecule has 0 saturated carbocycles. The fraction of sp³-hybridized carbons (Fsp3) is 0.615. The van der Waals surface area contributed by atoms with Crippen molar-refractivity contribution in [1.29, 1.82) is 0 Å². The summed E-state index contributed by atoms with van der Waals surface area (Å²) in [5.41, 5.74) is -0.950. The van der Waals surface area contributed by atoms with E-state index < -0.39 is 17.4 Å². The highest BCUT2D eigenvalue weighted by Crippen LogP contribution is 2.19. The Hall–Kier alpha value is -1.85. The molecule has 0 bridgehead atoms. The van der Waals surface area contributed by atoms with Gasteiger partial charge in [0, 0.05) is 6.07 Å². The first-order chi connectivity index (χ1) is 8.81. The SMILES string of the molecule is CCOC(=O)C(C)(NC(=O)c1cc(C)on1)C(C)C. The van der Waals surface area contributed by atoms with Gasteiger partial charge in [-0.25, -0.2) is 4.79 Å². The number of esters is 1. The van der Waals surface area contributed by atoms with Gasteiger partial charge in [0.05, 0.1) is 6.61 Å². The van der Waals surface area contributed by atoms with Gasteiger partial charge in [0.25, 0.3) is 5.91 Å². The van der Waals surface area contributed by atoms with Gasteiger partial charge in [-0.2, -0.15) is 0 Å². The quantitative estimate of drug-likeness (QED) is 0.822. The van der Waals surface area contributed by atoms with Crippen LogP contribution in [-0.2, 0) is 9.53 Å². The zero-order chi connectivity index (χ0) is 14.6. The second-order valence-corrected chi connectivity index (χ2v) is 4.85. The Labute approximate surface area is 112 Å². The van der Waals surface area contributed by atoms with Crippen LogP contribution in [-0.4, -0.2) is 29.2 Å². The molecule has 19 heavy (non-hydrogen) atoms. The number of aryl methyl sites for hydroxylation is 1. The molecule has 1 N–H and O–H groups in total. The minimum atomic E-state index is -1.10. The summed E-state index contributed by atoms with van der Waals surface area (Å²) in [5, 5.41) is 6.30. The maximum Gasteiger partial charge on any atom is 0.331 e. The maximum absolute atomic E-state index is 12.0. The van der Waals surface area contributed by atoms with Gasteiger partial charge < -0.3 is 14.6 Å². The first-order valence-corrected chi connectivity index (χ1v) is 6.24. The van der Waals surface area contributed by atoms with Crippen LogP contribution < -0.4 is 5.32 Å². The highest BCUT2D eigenvalue weighted by Gasteiger charge is 2.40. The Morgan fingerprint density at radius 1 is 1.53 bits per heavy atom. The fourth-order valence-electron chi connectivity index (χ4n) is 1.49. The predicted molar refractivity (Wildman–Crippen MR) is 68.6 cm³/mol. The summed E-state index contributed by atoms with van der Waals surface area (Å²) >= 11 is 0. The van der Waals surface area contributed by atoms with Crippen molar-refractivity contribution in [1.82, 2.24) is 10.5 Å². The Kier molecular flexibility index (Phi) is 4.69. The van der Waals surface area contributed by atoms with Crippen LogP contribution in [0, 0.1) is 12.8 Å². The van der Waals surface area contributed by atoms with Crippen LogP contribution in [0.15, 0.2) is 10.6 Å². The molecular formula is C13H20N2O4. The smallest absolute Gasteiger partial charge is 0.331 e. The number of amides is 1. The standard InChI is InChI=1S/C13H20N2O4/c1-6-18-12(17)13(5,8(2)3)14-11(16)10-7-9(4)19-15-10/h7-8H,6H2,1-5H3,(H,14,16). The van der Waals surface area contributed by atoms with Crippen molar-refractivity contribution in [2.75, 3.05) is 6.61 Å². The number of carbonyl (C=O) groups excluding carboxylic acids is 2. The van der Waals surface area contributed by atoms with Crippen LogP contribution in [0.25, 0.3) is 0 Å². The summed E-state index contributed by atoms with van der Waals surface area (Å²) in [7, 11) is 0. The Morgan fingerprint density at radius 2 is 2.16 bits per heavy atom. The Bertz CT molecular complexity index is 467. The molecule has 0 aliphatic rings. The normalized spacial score (nSPS) is 14.0. The topological polar surface area (TPSA) is 81.4 Å². The van der Waals surface area contributed by atoms with Crippen molar-refractivity contribution >= 4 is 11.9 Å². The molecule has 0 saturated heterocycles. The molecule has 6 heteroatoms. The summed E-state index contributed by atoms with van der Waals surface area (Å²) in [6.45, 7) is 9.00. The number of rotatable bonds is 5. The number of ether oxygens (including phenoxy) is 1. The lowest BCUT2D eigenvalue weighted by Gasteiger charge is -2.31. The van der Waals surface area contributed by atoms with Crippen LogP contribution in [0.5, 0.6) is 0 Å². The predicted octanol–water partition coefficient (Wildman–Crippen LogP) is 1.69. The minimum absolute atomic E-state index is 0.122. The molecular weight excluding hydrogens is 248 g/mol. The number of hydrogen-bond donors (Lipinski definition) is 1. The summed E-state index contributed by atoms with van der Waals surface area (Å²) in [6.07, 6.45) is 0. The molecule has 0 fully saturated rings. The molecule has 0 aromatic carbocycles. The molecule has 1 aromatic heterocycles. The van der Waals surface area contributed by atoms with Gasteiger partial charge in [0.15, 0.2) is 5.69 Å². The van der Waals surface area contributed by atoms with E-state index in [0.29, 0.717) is 5.76 Å². The van der Waals surface area contributed by atoms with Crippen molar-refractivity contribution < 1.29 is 18.8 Å². The molecule has 1 unspecified atom stereocenters. The average molecular weight is 268 g/mol. The number of hydrogen-bond acceptors (Lipinski definition) is 5. The first kappa shape index (κ1) is 15.2. The lowest BCUT2D eigenvalue weighted by molar-refractivity contribution is -0.152. The van der Waals surface area contributed by atoms with Crippen molar-refractivity contribution in [3.63, 3.8) is 0 Å². The molecule has 1 atom stereocenters. The fourth-order valence-corrected chi connectivity index (χ4v) is 1.49. The van der Waals surface area contributed by atoms with E-state index in [1.807, 2.05) is 13.8 Å². The van der Waals surface area contributed by atoms with E-state index in [-0.39, 0.29) is 18.2 Å². The molecule has 0 aliphatic carbocycles. The van der Waals surface area contributed by atoms with E-state index in [1.54, 1.807) is 20.8 Å². The van der Waals surface area contributed by atoms with Crippen molar-refractivity contribution in [2.24, 2.45) is 5.92 Å². The third kappa shape index (κ3) is 3.33. The monoisotopic (exact) mass is 268 g/mol. The third-order valence-electron chi connectivity index (χ3n) is 3.09. The summed E-state index contributed by atoms with van der Waals surface area (Å²) in [4.78, 5) is 24.0. The van der Waals surface area contributed by atoms with E-state index in [2.05, 4.69) is 10.5 Å². The zero-order valence-electron chi connectivity index (χ0n) is 11.9.